The summed E-state index contributed by atoms with van der Waals surface area (Å²) in [4.78, 5) is 0. The Bertz CT molecular complexity index is 830. The van der Waals surface area contributed by atoms with E-state index in [0.29, 0.717) is 6.42 Å². The molecule has 1 atom stereocenters. The minimum atomic E-state index is -3.60. The van der Waals surface area contributed by atoms with E-state index in [1.807, 2.05) is 0 Å². The maximum atomic E-state index is 12.2. The van der Waals surface area contributed by atoms with Gasteiger partial charge >= 0.3 is 0 Å². The van der Waals surface area contributed by atoms with Crippen LogP contribution in [0.5, 0.6) is 5.75 Å². The fourth-order valence-corrected chi connectivity index (χ4v) is 7.57. The number of nitrogens with one attached hydrogen (secondary N) is 1. The van der Waals surface area contributed by atoms with Crippen LogP contribution >= 0.6 is 0 Å². The zero-order chi connectivity index (χ0) is 17.4. The van der Waals surface area contributed by atoms with Crippen LogP contribution in [0.3, 0.4) is 0 Å². The van der Waals surface area contributed by atoms with Gasteiger partial charge in [-0.25, -0.2) is 21.6 Å². The average Bonchev–Trinajstić information content (AvgIpc) is 3.11. The van der Waals surface area contributed by atoms with Gasteiger partial charge < -0.3 is 4.74 Å². The summed E-state index contributed by atoms with van der Waals surface area (Å²) in [6.07, 6.45) is 3.96. The molecule has 3 rings (SSSR count). The number of rotatable bonds is 6. The highest BCUT2D eigenvalue weighted by molar-refractivity contribution is 7.95. The second-order valence-corrected chi connectivity index (χ2v) is 10.8. The average molecular weight is 373 g/mol. The Kier molecular flexibility index (Phi) is 4.90. The Morgan fingerprint density at radius 1 is 1.25 bits per heavy atom. The smallest absolute Gasteiger partial charge is 0.215 e. The normalized spacial score (nSPS) is 22.5. The van der Waals surface area contributed by atoms with Crippen molar-refractivity contribution in [1.82, 2.24) is 4.72 Å². The fraction of sp³-hybridized carbons (Fsp3) is 0.625. The molecule has 0 unspecified atom stereocenters. The molecule has 1 aromatic rings. The van der Waals surface area contributed by atoms with Crippen molar-refractivity contribution in [2.24, 2.45) is 0 Å². The van der Waals surface area contributed by atoms with Gasteiger partial charge in [-0.05, 0) is 54.9 Å². The molecule has 24 heavy (non-hydrogen) atoms. The van der Waals surface area contributed by atoms with Crippen LogP contribution in [0.4, 0.5) is 0 Å². The lowest BCUT2D eigenvalue weighted by atomic mass is 10.0. The molecule has 0 amide bonds. The van der Waals surface area contributed by atoms with E-state index in [2.05, 4.69) is 16.9 Å². The van der Waals surface area contributed by atoms with Crippen LogP contribution in [0.1, 0.15) is 29.5 Å². The third-order valence-electron chi connectivity index (χ3n) is 4.82. The molecule has 1 N–H and O–H groups in total. The first kappa shape index (κ1) is 17.7. The van der Waals surface area contributed by atoms with Gasteiger partial charge in [0.2, 0.25) is 10.0 Å². The molecule has 0 bridgehead atoms. The third kappa shape index (κ3) is 3.75. The van der Waals surface area contributed by atoms with Crippen molar-refractivity contribution in [2.75, 3.05) is 25.2 Å². The second-order valence-electron chi connectivity index (χ2n) is 6.50. The summed E-state index contributed by atoms with van der Waals surface area (Å²) in [6.45, 7) is 0.244. The molecule has 1 fully saturated rings. The zero-order valence-electron chi connectivity index (χ0n) is 13.7. The van der Waals surface area contributed by atoms with E-state index >= 15 is 0 Å². The molecule has 0 spiro atoms. The number of benzene rings is 1. The molecule has 1 heterocycles. The summed E-state index contributed by atoms with van der Waals surface area (Å²) in [7, 11) is -5.20. The first-order valence-electron chi connectivity index (χ1n) is 8.18. The first-order chi connectivity index (χ1) is 11.3. The van der Waals surface area contributed by atoms with Crippen molar-refractivity contribution in [2.45, 2.75) is 37.4 Å². The summed E-state index contributed by atoms with van der Waals surface area (Å²) in [6, 6.07) is 4.16. The number of aryl methyl sites for hydroxylation is 2. The molecule has 8 heteroatoms. The first-order valence-corrected chi connectivity index (χ1v) is 11.5. The monoisotopic (exact) mass is 373 g/mol. The molecule has 1 saturated heterocycles. The van der Waals surface area contributed by atoms with Gasteiger partial charge in [0.05, 0.1) is 23.9 Å². The predicted molar refractivity (Wildman–Crippen MR) is 92.7 cm³/mol. The Labute approximate surface area is 143 Å². The number of hydrogen-bond donors (Lipinski definition) is 1. The second kappa shape index (κ2) is 6.65. The maximum Gasteiger partial charge on any atom is 0.215 e. The standard InChI is InChI=1S/C16H23NO5S2/c1-22-16-10-13-4-2-3-12(13)9-14(16)5-7-17-24(20,21)15-6-8-23(18,19)11-15/h9-10,15,17H,2-8,11H2,1H3/t15-/m1/s1. The lowest BCUT2D eigenvalue weighted by Gasteiger charge is -2.14. The highest BCUT2D eigenvalue weighted by Crippen LogP contribution is 2.30. The summed E-state index contributed by atoms with van der Waals surface area (Å²) >= 11 is 0. The lowest BCUT2D eigenvalue weighted by molar-refractivity contribution is 0.409. The van der Waals surface area contributed by atoms with E-state index in [4.69, 9.17) is 4.74 Å². The molecular formula is C16H23NO5S2. The van der Waals surface area contributed by atoms with Gasteiger partial charge in [0, 0.05) is 6.54 Å². The van der Waals surface area contributed by atoms with E-state index in [-0.39, 0.29) is 24.5 Å². The van der Waals surface area contributed by atoms with E-state index < -0.39 is 25.1 Å². The van der Waals surface area contributed by atoms with Crippen molar-refractivity contribution in [3.05, 3.63) is 28.8 Å². The fourth-order valence-electron chi connectivity index (χ4n) is 3.49. The summed E-state index contributed by atoms with van der Waals surface area (Å²) in [5.41, 5.74) is 3.61. The van der Waals surface area contributed by atoms with E-state index in [1.54, 1.807) is 7.11 Å². The number of ether oxygens (including phenoxy) is 1. The number of fused-ring (bicyclic) bond motifs is 1. The molecule has 0 aromatic heterocycles. The minimum absolute atomic E-state index is 0.0444. The van der Waals surface area contributed by atoms with Gasteiger partial charge in [-0.3, -0.25) is 0 Å². The molecule has 0 radical (unpaired) electrons. The summed E-state index contributed by atoms with van der Waals surface area (Å²) in [5.74, 6) is 0.472. The van der Waals surface area contributed by atoms with Crippen LogP contribution in [0, 0.1) is 0 Å². The Balaban J connectivity index is 1.64. The van der Waals surface area contributed by atoms with Gasteiger partial charge in [-0.1, -0.05) is 6.07 Å². The molecule has 1 aromatic carbocycles. The molecule has 6 nitrogen and oxygen atoms in total. The van der Waals surface area contributed by atoms with Crippen LogP contribution < -0.4 is 9.46 Å². The Morgan fingerprint density at radius 3 is 2.58 bits per heavy atom. The highest BCUT2D eigenvalue weighted by Gasteiger charge is 2.36. The summed E-state index contributed by atoms with van der Waals surface area (Å²) in [5, 5.41) is -0.829. The Morgan fingerprint density at radius 2 is 1.96 bits per heavy atom. The van der Waals surface area contributed by atoms with Crippen LogP contribution in [0.2, 0.25) is 0 Å². The van der Waals surface area contributed by atoms with Crippen molar-refractivity contribution in [1.29, 1.82) is 0 Å². The van der Waals surface area contributed by atoms with Crippen LogP contribution in [-0.2, 0) is 39.1 Å². The van der Waals surface area contributed by atoms with Gasteiger partial charge in [-0.2, -0.15) is 0 Å². The van der Waals surface area contributed by atoms with Gasteiger partial charge in [0.1, 0.15) is 5.75 Å². The molecular weight excluding hydrogens is 350 g/mol. The topological polar surface area (TPSA) is 89.5 Å². The predicted octanol–water partition coefficient (Wildman–Crippen LogP) is 0.833. The van der Waals surface area contributed by atoms with Crippen LogP contribution in [-0.4, -0.2) is 47.2 Å². The van der Waals surface area contributed by atoms with Gasteiger partial charge in [0.25, 0.3) is 0 Å². The Hall–Kier alpha value is -1.12. The largest absolute Gasteiger partial charge is 0.496 e. The van der Waals surface area contributed by atoms with Crippen molar-refractivity contribution in [3.8, 4) is 5.75 Å². The zero-order valence-corrected chi connectivity index (χ0v) is 15.4. The van der Waals surface area contributed by atoms with Crippen LogP contribution in [0.25, 0.3) is 0 Å². The molecule has 0 saturated carbocycles. The van der Waals surface area contributed by atoms with Crippen LogP contribution in [0.15, 0.2) is 12.1 Å². The van der Waals surface area contributed by atoms with E-state index in [0.717, 1.165) is 30.6 Å². The minimum Gasteiger partial charge on any atom is -0.496 e. The molecule has 134 valence electrons. The molecule has 1 aliphatic heterocycles. The van der Waals surface area contributed by atoms with E-state index in [9.17, 15) is 16.8 Å². The highest BCUT2D eigenvalue weighted by atomic mass is 32.2. The molecule has 1 aliphatic carbocycles. The number of sulfone groups is 1. The number of methoxy groups -OCH3 is 1. The summed E-state index contributed by atoms with van der Waals surface area (Å²) < 4.78 is 55.4. The maximum absolute atomic E-state index is 12.2. The number of hydrogen-bond acceptors (Lipinski definition) is 5. The van der Waals surface area contributed by atoms with Crippen molar-refractivity contribution in [3.63, 3.8) is 0 Å². The third-order valence-corrected chi connectivity index (χ3v) is 8.69. The van der Waals surface area contributed by atoms with E-state index in [1.165, 1.54) is 11.1 Å². The lowest BCUT2D eigenvalue weighted by Crippen LogP contribution is -2.36. The van der Waals surface area contributed by atoms with Crippen molar-refractivity contribution >= 4 is 19.9 Å². The van der Waals surface area contributed by atoms with Crippen molar-refractivity contribution < 1.29 is 21.6 Å². The quantitative estimate of drug-likeness (QED) is 0.798. The van der Waals surface area contributed by atoms with Gasteiger partial charge in [0.15, 0.2) is 9.84 Å². The molecule has 2 aliphatic rings. The van der Waals surface area contributed by atoms with Gasteiger partial charge in [-0.15, -0.1) is 0 Å². The number of sulfonamides is 1. The SMILES string of the molecule is COc1cc2c(cc1CCNS(=O)(=O)[C@@H]1CCS(=O)(=O)C1)CCC2.